The van der Waals surface area contributed by atoms with Gasteiger partial charge in [-0.15, -0.1) is 0 Å². The fourth-order valence-corrected chi connectivity index (χ4v) is 4.53. The van der Waals surface area contributed by atoms with Crippen LogP contribution in [0.5, 0.6) is 5.75 Å². The predicted molar refractivity (Wildman–Crippen MR) is 143 cm³/mol. The molecule has 3 aromatic rings. The summed E-state index contributed by atoms with van der Waals surface area (Å²) in [7, 11) is 0. The van der Waals surface area contributed by atoms with Crippen LogP contribution in [0.1, 0.15) is 62.9 Å². The van der Waals surface area contributed by atoms with Gasteiger partial charge in [0.2, 0.25) is 0 Å². The molecule has 0 aromatic heterocycles. The number of ether oxygens (including phenoxy) is 1. The maximum Gasteiger partial charge on any atom is 0.300 e. The summed E-state index contributed by atoms with van der Waals surface area (Å²) in [4.78, 5) is 28.3. The summed E-state index contributed by atoms with van der Waals surface area (Å²) >= 11 is 0. The fourth-order valence-electron chi connectivity index (χ4n) is 4.53. The van der Waals surface area contributed by atoms with Crippen LogP contribution in [0.3, 0.4) is 0 Å². The van der Waals surface area contributed by atoms with Crippen LogP contribution in [0, 0.1) is 0 Å². The molecular formula is C31H33NO4. The highest BCUT2D eigenvalue weighted by atomic mass is 16.5. The molecule has 1 saturated heterocycles. The summed E-state index contributed by atoms with van der Waals surface area (Å²) in [6.07, 6.45) is 0.874. The SMILES string of the molecule is CCOc1cccc(/C(O)=C2\C(=O)C(=O)N(c3ccc(C(C)(C)C)cc3)C2c2ccc(CC)cc2)c1. The van der Waals surface area contributed by atoms with E-state index in [1.807, 2.05) is 55.5 Å². The molecule has 1 atom stereocenters. The van der Waals surface area contributed by atoms with E-state index in [-0.39, 0.29) is 16.7 Å². The second-order valence-corrected chi connectivity index (χ2v) is 10.0. The van der Waals surface area contributed by atoms with Crippen molar-refractivity contribution in [2.24, 2.45) is 0 Å². The first-order valence-corrected chi connectivity index (χ1v) is 12.4. The molecule has 0 bridgehead atoms. The highest BCUT2D eigenvalue weighted by molar-refractivity contribution is 6.51. The van der Waals surface area contributed by atoms with Crippen LogP contribution in [0.4, 0.5) is 5.69 Å². The van der Waals surface area contributed by atoms with Gasteiger partial charge in [-0.1, -0.05) is 76.2 Å². The molecule has 1 heterocycles. The number of hydrogen-bond acceptors (Lipinski definition) is 4. The summed E-state index contributed by atoms with van der Waals surface area (Å²) in [5.41, 5.74) is 4.09. The molecule has 3 aromatic carbocycles. The second kappa shape index (κ2) is 10.0. The van der Waals surface area contributed by atoms with Crippen molar-refractivity contribution in [1.82, 2.24) is 0 Å². The molecule has 36 heavy (non-hydrogen) atoms. The summed E-state index contributed by atoms with van der Waals surface area (Å²) in [5, 5.41) is 11.4. The number of nitrogens with zero attached hydrogens (tertiary/aromatic N) is 1. The lowest BCUT2D eigenvalue weighted by molar-refractivity contribution is -0.132. The average Bonchev–Trinajstić information content (AvgIpc) is 3.14. The first-order chi connectivity index (χ1) is 17.2. The van der Waals surface area contributed by atoms with E-state index in [4.69, 9.17) is 4.74 Å². The van der Waals surface area contributed by atoms with E-state index in [1.54, 1.807) is 24.3 Å². The third-order valence-electron chi connectivity index (χ3n) is 6.58. The smallest absolute Gasteiger partial charge is 0.300 e. The van der Waals surface area contributed by atoms with Crippen molar-refractivity contribution in [3.05, 3.63) is 101 Å². The zero-order valence-corrected chi connectivity index (χ0v) is 21.5. The number of aryl methyl sites for hydroxylation is 1. The Kier molecular flexibility index (Phi) is 7.02. The van der Waals surface area contributed by atoms with Crippen molar-refractivity contribution in [1.29, 1.82) is 0 Å². The molecule has 1 N–H and O–H groups in total. The topological polar surface area (TPSA) is 66.8 Å². The van der Waals surface area contributed by atoms with Crippen LogP contribution in [0.15, 0.2) is 78.4 Å². The molecule has 1 amide bonds. The average molecular weight is 484 g/mol. The zero-order valence-electron chi connectivity index (χ0n) is 21.5. The number of amides is 1. The molecule has 0 radical (unpaired) electrons. The van der Waals surface area contributed by atoms with Crippen LogP contribution < -0.4 is 9.64 Å². The number of benzene rings is 3. The summed E-state index contributed by atoms with van der Waals surface area (Å²) in [6, 6.07) is 21.7. The number of carbonyl (C=O) groups is 2. The van der Waals surface area contributed by atoms with E-state index in [9.17, 15) is 14.7 Å². The van der Waals surface area contributed by atoms with Gasteiger partial charge in [0.05, 0.1) is 18.2 Å². The van der Waals surface area contributed by atoms with Crippen molar-refractivity contribution in [3.8, 4) is 5.75 Å². The number of anilines is 1. The van der Waals surface area contributed by atoms with Crippen molar-refractivity contribution in [2.45, 2.75) is 52.5 Å². The van der Waals surface area contributed by atoms with Gasteiger partial charge < -0.3 is 9.84 Å². The number of aliphatic hydroxyl groups is 1. The lowest BCUT2D eigenvalue weighted by Gasteiger charge is -2.27. The Balaban J connectivity index is 1.88. The first kappa shape index (κ1) is 25.2. The molecule has 1 fully saturated rings. The van der Waals surface area contributed by atoms with Gasteiger partial charge in [-0.3, -0.25) is 14.5 Å². The summed E-state index contributed by atoms with van der Waals surface area (Å²) in [5.74, 6) is -1.00. The van der Waals surface area contributed by atoms with Crippen LogP contribution in [0.25, 0.3) is 5.76 Å². The summed E-state index contributed by atoms with van der Waals surface area (Å²) < 4.78 is 5.58. The molecule has 4 rings (SSSR count). The number of rotatable bonds is 6. The largest absolute Gasteiger partial charge is 0.507 e. The van der Waals surface area contributed by atoms with Crippen molar-refractivity contribution < 1.29 is 19.4 Å². The quantitative estimate of drug-likeness (QED) is 0.245. The molecule has 186 valence electrons. The Morgan fingerprint density at radius 2 is 1.61 bits per heavy atom. The van der Waals surface area contributed by atoms with Crippen LogP contribution >= 0.6 is 0 Å². The molecule has 0 spiro atoms. The van der Waals surface area contributed by atoms with Gasteiger partial charge in [0.15, 0.2) is 0 Å². The van der Waals surface area contributed by atoms with E-state index in [2.05, 4.69) is 27.7 Å². The minimum atomic E-state index is -0.757. The fraction of sp³-hybridized carbons (Fsp3) is 0.290. The lowest BCUT2D eigenvalue weighted by Crippen LogP contribution is -2.29. The van der Waals surface area contributed by atoms with Gasteiger partial charge >= 0.3 is 0 Å². The molecular weight excluding hydrogens is 450 g/mol. The third-order valence-corrected chi connectivity index (χ3v) is 6.58. The number of carbonyl (C=O) groups excluding carboxylic acids is 2. The van der Waals surface area contributed by atoms with Gasteiger partial charge in [-0.2, -0.15) is 0 Å². The van der Waals surface area contributed by atoms with E-state index in [0.29, 0.717) is 23.6 Å². The Morgan fingerprint density at radius 1 is 0.944 bits per heavy atom. The van der Waals surface area contributed by atoms with Gasteiger partial charge in [0.25, 0.3) is 11.7 Å². The standard InChI is InChI=1S/C31H33NO4/c1-6-20-11-13-21(14-12-20)27-26(28(33)22-9-8-10-25(19-22)36-7-2)29(34)30(35)32(27)24-17-15-23(16-18-24)31(3,4)5/h8-19,27,33H,6-7H2,1-5H3/b28-26+. The monoisotopic (exact) mass is 483 g/mol. The Bertz CT molecular complexity index is 1300. The van der Waals surface area contributed by atoms with Crippen molar-refractivity contribution >= 4 is 23.1 Å². The molecule has 5 nitrogen and oxygen atoms in total. The third kappa shape index (κ3) is 4.78. The highest BCUT2D eigenvalue weighted by Gasteiger charge is 2.47. The number of hydrogen-bond donors (Lipinski definition) is 1. The van der Waals surface area contributed by atoms with E-state index in [0.717, 1.165) is 23.1 Å². The second-order valence-electron chi connectivity index (χ2n) is 10.0. The lowest BCUT2D eigenvalue weighted by atomic mass is 9.87. The minimum absolute atomic E-state index is 0.0480. The summed E-state index contributed by atoms with van der Waals surface area (Å²) in [6.45, 7) is 10.8. The highest BCUT2D eigenvalue weighted by Crippen LogP contribution is 2.42. The molecule has 0 aliphatic carbocycles. The van der Waals surface area contributed by atoms with Crippen molar-refractivity contribution in [2.75, 3.05) is 11.5 Å². The molecule has 1 unspecified atom stereocenters. The van der Waals surface area contributed by atoms with E-state index < -0.39 is 17.7 Å². The Morgan fingerprint density at radius 3 is 2.19 bits per heavy atom. The van der Waals surface area contributed by atoms with Crippen LogP contribution in [-0.2, 0) is 21.4 Å². The molecule has 0 saturated carbocycles. The molecule has 1 aliphatic rings. The van der Waals surface area contributed by atoms with Gasteiger partial charge in [-0.05, 0) is 59.7 Å². The van der Waals surface area contributed by atoms with E-state index in [1.165, 1.54) is 4.90 Å². The number of ketones is 1. The minimum Gasteiger partial charge on any atom is -0.507 e. The number of Topliss-reactive ketones (excluding diaryl/α,β-unsaturated/α-hetero) is 1. The molecule has 1 aliphatic heterocycles. The predicted octanol–water partition coefficient (Wildman–Crippen LogP) is 6.57. The Hall–Kier alpha value is -3.86. The number of aliphatic hydroxyl groups excluding tert-OH is 1. The van der Waals surface area contributed by atoms with Gasteiger partial charge in [-0.25, -0.2) is 0 Å². The zero-order chi connectivity index (χ0) is 26.0. The molecule has 5 heteroatoms. The van der Waals surface area contributed by atoms with Gasteiger partial charge in [0.1, 0.15) is 11.5 Å². The van der Waals surface area contributed by atoms with Crippen molar-refractivity contribution in [3.63, 3.8) is 0 Å². The van der Waals surface area contributed by atoms with Crippen LogP contribution in [-0.4, -0.2) is 23.4 Å². The van der Waals surface area contributed by atoms with E-state index >= 15 is 0 Å². The Labute approximate surface area is 213 Å². The first-order valence-electron chi connectivity index (χ1n) is 12.4. The maximum atomic E-state index is 13.4. The van der Waals surface area contributed by atoms with Crippen LogP contribution in [0.2, 0.25) is 0 Å². The van der Waals surface area contributed by atoms with Gasteiger partial charge in [0, 0.05) is 11.3 Å². The normalized spacial score (nSPS) is 17.5. The maximum absolute atomic E-state index is 13.4.